The predicted molar refractivity (Wildman–Crippen MR) is 122 cm³/mol. The number of likely N-dealkylation sites (tertiary alicyclic amines) is 1. The first-order chi connectivity index (χ1) is 13.2. The Morgan fingerprint density at radius 2 is 2.18 bits per heavy atom. The van der Waals surface area contributed by atoms with Gasteiger partial charge in [0.25, 0.3) is 0 Å². The normalized spacial score (nSPS) is 21.9. The van der Waals surface area contributed by atoms with Crippen LogP contribution in [0, 0.1) is 5.92 Å². The van der Waals surface area contributed by atoms with E-state index in [0.717, 1.165) is 45.2 Å². The molecule has 2 aromatic rings. The Balaban J connectivity index is 0.00000225. The van der Waals surface area contributed by atoms with E-state index in [1.165, 1.54) is 16.7 Å². The first-order valence-electron chi connectivity index (χ1n) is 9.93. The van der Waals surface area contributed by atoms with Crippen molar-refractivity contribution in [3.05, 3.63) is 53.6 Å². The summed E-state index contributed by atoms with van der Waals surface area (Å²) in [6.45, 7) is 9.49. The summed E-state index contributed by atoms with van der Waals surface area (Å²) in [5, 5.41) is 3.48. The number of halogens is 1. The third-order valence-corrected chi connectivity index (χ3v) is 5.66. The number of benzene rings is 1. The number of nitrogens with zero attached hydrogens (tertiary/aromatic N) is 4. The van der Waals surface area contributed by atoms with Crippen molar-refractivity contribution in [1.29, 1.82) is 0 Å². The Kier molecular flexibility index (Phi) is 7.34. The minimum absolute atomic E-state index is 0. The number of fused-ring (bicyclic) bond motifs is 1. The van der Waals surface area contributed by atoms with Crippen LogP contribution in [0.5, 0.6) is 0 Å². The van der Waals surface area contributed by atoms with Crippen molar-refractivity contribution in [1.82, 2.24) is 19.8 Å². The van der Waals surface area contributed by atoms with Crippen LogP contribution in [0.4, 0.5) is 0 Å². The molecule has 2 aliphatic rings. The number of ether oxygens (including phenoxy) is 1. The second-order valence-electron chi connectivity index (χ2n) is 7.56. The van der Waals surface area contributed by atoms with Crippen molar-refractivity contribution < 1.29 is 4.74 Å². The smallest absolute Gasteiger partial charge is 0.194 e. The van der Waals surface area contributed by atoms with Crippen molar-refractivity contribution in [2.24, 2.45) is 10.9 Å². The highest BCUT2D eigenvalue weighted by molar-refractivity contribution is 14.0. The van der Waals surface area contributed by atoms with Gasteiger partial charge < -0.3 is 19.5 Å². The number of guanidine groups is 1. The zero-order valence-electron chi connectivity index (χ0n) is 16.7. The predicted octanol–water partition coefficient (Wildman–Crippen LogP) is 3.58. The second kappa shape index (κ2) is 9.73. The van der Waals surface area contributed by atoms with Crippen LogP contribution in [0.3, 0.4) is 0 Å². The first kappa shape index (κ1) is 21.1. The number of hydrogen-bond acceptors (Lipinski definition) is 3. The number of imidazole rings is 1. The molecule has 2 unspecified atom stereocenters. The highest BCUT2D eigenvalue weighted by Gasteiger charge is 2.28. The summed E-state index contributed by atoms with van der Waals surface area (Å²) < 4.78 is 7.76. The maximum Gasteiger partial charge on any atom is 0.194 e. The Hall–Kier alpha value is -1.61. The van der Waals surface area contributed by atoms with Gasteiger partial charge in [0.05, 0.1) is 32.1 Å². The standard InChI is InChI=1S/C21H29N5O.HI/c1-3-23-21(24-11-17-4-5-18-13-27-14-19(18)10-17)25-8-6-16(2)20(12-25)26-9-7-22-15-26;/h4-5,7,9-10,15-16,20H,3,6,8,11-14H2,1-2H3,(H,23,24);1H. The lowest BCUT2D eigenvalue weighted by Crippen LogP contribution is -2.49. The number of rotatable bonds is 4. The van der Waals surface area contributed by atoms with E-state index >= 15 is 0 Å². The maximum absolute atomic E-state index is 5.52. The summed E-state index contributed by atoms with van der Waals surface area (Å²) in [7, 11) is 0. The SMILES string of the molecule is CCNC(=NCc1ccc2c(c1)COC2)N1CCC(C)C(n2ccnc2)C1.I. The number of aliphatic imine (C=N–C) groups is 1. The molecule has 0 radical (unpaired) electrons. The van der Waals surface area contributed by atoms with Crippen LogP contribution in [0.1, 0.15) is 43.0 Å². The van der Waals surface area contributed by atoms with E-state index in [1.54, 1.807) is 0 Å². The highest BCUT2D eigenvalue weighted by atomic mass is 127. The fraction of sp³-hybridized carbons (Fsp3) is 0.524. The van der Waals surface area contributed by atoms with Crippen molar-refractivity contribution in [3.8, 4) is 0 Å². The molecule has 1 aromatic heterocycles. The van der Waals surface area contributed by atoms with E-state index in [4.69, 9.17) is 9.73 Å². The van der Waals surface area contributed by atoms with Gasteiger partial charge >= 0.3 is 0 Å². The molecular formula is C21H30IN5O. The molecule has 6 nitrogen and oxygen atoms in total. The van der Waals surface area contributed by atoms with Crippen LogP contribution < -0.4 is 5.32 Å². The quantitative estimate of drug-likeness (QED) is 0.401. The fourth-order valence-electron chi connectivity index (χ4n) is 4.01. The Labute approximate surface area is 184 Å². The van der Waals surface area contributed by atoms with Gasteiger partial charge in [-0.3, -0.25) is 0 Å². The van der Waals surface area contributed by atoms with E-state index in [2.05, 4.69) is 58.0 Å². The summed E-state index contributed by atoms with van der Waals surface area (Å²) in [6, 6.07) is 7.02. The average molecular weight is 495 g/mol. The maximum atomic E-state index is 5.52. The van der Waals surface area contributed by atoms with Crippen molar-refractivity contribution in [3.63, 3.8) is 0 Å². The molecule has 2 atom stereocenters. The number of piperidine rings is 1. The van der Waals surface area contributed by atoms with E-state index < -0.39 is 0 Å². The van der Waals surface area contributed by atoms with Crippen molar-refractivity contribution >= 4 is 29.9 Å². The molecule has 3 heterocycles. The lowest BCUT2D eigenvalue weighted by Gasteiger charge is -2.39. The van der Waals surface area contributed by atoms with Gasteiger partial charge in [-0.05, 0) is 36.0 Å². The molecule has 4 rings (SSSR count). The zero-order chi connectivity index (χ0) is 18.6. The zero-order valence-corrected chi connectivity index (χ0v) is 19.0. The van der Waals surface area contributed by atoms with Crippen molar-refractivity contribution in [2.75, 3.05) is 19.6 Å². The monoisotopic (exact) mass is 495 g/mol. The molecule has 1 aromatic carbocycles. The molecule has 0 amide bonds. The Morgan fingerprint density at radius 3 is 2.96 bits per heavy atom. The fourth-order valence-corrected chi connectivity index (χ4v) is 4.01. The van der Waals surface area contributed by atoms with Crippen LogP contribution in [0.2, 0.25) is 0 Å². The van der Waals surface area contributed by atoms with Gasteiger partial charge in [0.15, 0.2) is 5.96 Å². The van der Waals surface area contributed by atoms with Crippen LogP contribution >= 0.6 is 24.0 Å². The number of aromatic nitrogens is 2. The van der Waals surface area contributed by atoms with Crippen LogP contribution in [0.15, 0.2) is 41.9 Å². The molecule has 0 aliphatic carbocycles. The summed E-state index contributed by atoms with van der Waals surface area (Å²) in [4.78, 5) is 11.6. The summed E-state index contributed by atoms with van der Waals surface area (Å²) in [5.41, 5.74) is 3.86. The molecule has 1 fully saturated rings. The molecule has 28 heavy (non-hydrogen) atoms. The van der Waals surface area contributed by atoms with Gasteiger partial charge in [0, 0.05) is 32.0 Å². The van der Waals surface area contributed by atoms with Gasteiger partial charge in [-0.25, -0.2) is 9.98 Å². The first-order valence-corrected chi connectivity index (χ1v) is 9.93. The summed E-state index contributed by atoms with van der Waals surface area (Å²) in [6.07, 6.45) is 7.02. The third kappa shape index (κ3) is 4.68. The molecule has 2 aliphatic heterocycles. The Bertz CT molecular complexity index is 792. The van der Waals surface area contributed by atoms with Gasteiger partial charge in [-0.1, -0.05) is 25.1 Å². The van der Waals surface area contributed by atoms with Crippen LogP contribution in [0.25, 0.3) is 0 Å². The molecule has 1 N–H and O–H groups in total. The van der Waals surface area contributed by atoms with Crippen LogP contribution in [-0.4, -0.2) is 40.0 Å². The lowest BCUT2D eigenvalue weighted by molar-refractivity contribution is 0.134. The molecule has 0 bridgehead atoms. The summed E-state index contributed by atoms with van der Waals surface area (Å²) >= 11 is 0. The Morgan fingerprint density at radius 1 is 1.32 bits per heavy atom. The van der Waals surface area contributed by atoms with Gasteiger partial charge in [-0.15, -0.1) is 24.0 Å². The second-order valence-corrected chi connectivity index (χ2v) is 7.56. The molecule has 0 spiro atoms. The molecule has 152 valence electrons. The summed E-state index contributed by atoms with van der Waals surface area (Å²) in [5.74, 6) is 1.64. The minimum atomic E-state index is 0. The van der Waals surface area contributed by atoms with E-state index in [9.17, 15) is 0 Å². The van der Waals surface area contributed by atoms with Gasteiger partial charge in [-0.2, -0.15) is 0 Å². The average Bonchev–Trinajstić information content (AvgIpc) is 3.37. The van der Waals surface area contributed by atoms with E-state index in [0.29, 0.717) is 18.5 Å². The topological polar surface area (TPSA) is 54.7 Å². The van der Waals surface area contributed by atoms with Crippen molar-refractivity contribution in [2.45, 2.75) is 46.1 Å². The van der Waals surface area contributed by atoms with Gasteiger partial charge in [0.2, 0.25) is 0 Å². The lowest BCUT2D eigenvalue weighted by atomic mass is 9.93. The van der Waals surface area contributed by atoms with E-state index in [1.807, 2.05) is 12.5 Å². The van der Waals surface area contributed by atoms with E-state index in [-0.39, 0.29) is 24.0 Å². The minimum Gasteiger partial charge on any atom is -0.372 e. The molecule has 0 saturated carbocycles. The van der Waals surface area contributed by atoms with Crippen LogP contribution in [-0.2, 0) is 24.5 Å². The number of hydrogen-bond donors (Lipinski definition) is 1. The molecular weight excluding hydrogens is 465 g/mol. The number of nitrogens with one attached hydrogen (secondary N) is 1. The highest BCUT2D eigenvalue weighted by Crippen LogP contribution is 2.27. The van der Waals surface area contributed by atoms with Gasteiger partial charge in [0.1, 0.15) is 0 Å². The molecule has 7 heteroatoms. The largest absolute Gasteiger partial charge is 0.372 e. The third-order valence-electron chi connectivity index (χ3n) is 5.66. The molecule has 1 saturated heterocycles.